The van der Waals surface area contributed by atoms with E-state index in [-0.39, 0.29) is 0 Å². The van der Waals surface area contributed by atoms with E-state index in [1.807, 2.05) is 48.5 Å². The number of furan rings is 1. The first-order chi connectivity index (χ1) is 28.7. The molecule has 0 N–H and O–H groups in total. The van der Waals surface area contributed by atoms with Gasteiger partial charge in [0.05, 0.1) is 22.1 Å². The van der Waals surface area contributed by atoms with Crippen LogP contribution >= 0.6 is 0 Å². The third-order valence-electron chi connectivity index (χ3n) is 11.4. The van der Waals surface area contributed by atoms with E-state index < -0.39 is 0 Å². The van der Waals surface area contributed by atoms with Crippen molar-refractivity contribution < 1.29 is 4.42 Å². The zero-order chi connectivity index (χ0) is 38.2. The van der Waals surface area contributed by atoms with E-state index in [2.05, 4.69) is 150 Å². The summed E-state index contributed by atoms with van der Waals surface area (Å²) in [5.74, 6) is 1.77. The summed E-state index contributed by atoms with van der Waals surface area (Å²) in [6, 6.07) is 68.0. The predicted octanol–water partition coefficient (Wildman–Crippen LogP) is 13.8. The van der Waals surface area contributed by atoms with Gasteiger partial charge in [-0.2, -0.15) is 0 Å². The Morgan fingerprint density at radius 2 is 0.948 bits per heavy atom. The van der Waals surface area contributed by atoms with Gasteiger partial charge in [0.15, 0.2) is 17.5 Å². The first-order valence-corrected chi connectivity index (χ1v) is 19.5. The average molecular weight is 741 g/mol. The summed E-state index contributed by atoms with van der Waals surface area (Å²) in [6.07, 6.45) is 0. The van der Waals surface area contributed by atoms with Gasteiger partial charge in [0.25, 0.3) is 0 Å². The number of rotatable bonds is 5. The largest absolute Gasteiger partial charge is 0.456 e. The van der Waals surface area contributed by atoms with Crippen LogP contribution < -0.4 is 0 Å². The second kappa shape index (κ2) is 12.8. The Hall–Kier alpha value is -7.89. The van der Waals surface area contributed by atoms with Crippen molar-refractivity contribution in [3.8, 4) is 51.0 Å². The second-order valence-electron chi connectivity index (χ2n) is 14.8. The molecule has 0 saturated carbocycles. The highest BCUT2D eigenvalue weighted by Crippen LogP contribution is 2.43. The molecule has 0 bridgehead atoms. The van der Waals surface area contributed by atoms with Crippen molar-refractivity contribution in [2.75, 3.05) is 0 Å². The minimum absolute atomic E-state index is 0.564. The summed E-state index contributed by atoms with van der Waals surface area (Å²) in [5.41, 5.74) is 9.73. The van der Waals surface area contributed by atoms with Crippen molar-refractivity contribution in [3.63, 3.8) is 0 Å². The first-order valence-electron chi connectivity index (χ1n) is 19.5. The van der Waals surface area contributed by atoms with Gasteiger partial charge in [-0.15, -0.1) is 0 Å². The van der Waals surface area contributed by atoms with E-state index in [0.29, 0.717) is 17.5 Å². The molecule has 58 heavy (non-hydrogen) atoms. The number of hydrogen-bond donors (Lipinski definition) is 0. The normalized spacial score (nSPS) is 11.8. The van der Waals surface area contributed by atoms with Crippen LogP contribution in [0, 0.1) is 0 Å². The lowest BCUT2D eigenvalue weighted by molar-refractivity contribution is 0.669. The molecule has 0 fully saturated rings. The van der Waals surface area contributed by atoms with Crippen LogP contribution in [-0.4, -0.2) is 19.5 Å². The summed E-state index contributed by atoms with van der Waals surface area (Å²) in [6.45, 7) is 0. The minimum Gasteiger partial charge on any atom is -0.456 e. The lowest BCUT2D eigenvalue weighted by Crippen LogP contribution is -2.02. The topological polar surface area (TPSA) is 56.7 Å². The molecule has 5 heteroatoms. The quantitative estimate of drug-likeness (QED) is 0.176. The van der Waals surface area contributed by atoms with Crippen molar-refractivity contribution in [1.29, 1.82) is 0 Å². The molecule has 0 radical (unpaired) electrons. The summed E-state index contributed by atoms with van der Waals surface area (Å²) in [7, 11) is 0. The van der Waals surface area contributed by atoms with Crippen LogP contribution in [0.1, 0.15) is 0 Å². The van der Waals surface area contributed by atoms with Crippen LogP contribution in [0.15, 0.2) is 199 Å². The maximum atomic E-state index is 6.75. The zero-order valence-corrected chi connectivity index (χ0v) is 31.2. The van der Waals surface area contributed by atoms with Gasteiger partial charge in [0, 0.05) is 38.2 Å². The van der Waals surface area contributed by atoms with Crippen molar-refractivity contribution in [2.45, 2.75) is 0 Å². The van der Waals surface area contributed by atoms with Crippen molar-refractivity contribution in [3.05, 3.63) is 194 Å². The number of fused-ring (bicyclic) bond motifs is 9. The molecule has 12 rings (SSSR count). The van der Waals surface area contributed by atoms with E-state index in [4.69, 9.17) is 19.4 Å². The predicted molar refractivity (Wildman–Crippen MR) is 238 cm³/mol. The molecule has 0 aliphatic heterocycles. The van der Waals surface area contributed by atoms with Gasteiger partial charge in [0.1, 0.15) is 11.2 Å². The van der Waals surface area contributed by atoms with E-state index in [1.165, 1.54) is 32.3 Å². The molecule has 270 valence electrons. The highest BCUT2D eigenvalue weighted by Gasteiger charge is 2.23. The van der Waals surface area contributed by atoms with Gasteiger partial charge in [-0.05, 0) is 63.7 Å². The van der Waals surface area contributed by atoms with Crippen molar-refractivity contribution in [1.82, 2.24) is 19.5 Å². The molecule has 0 atom stereocenters. The van der Waals surface area contributed by atoms with Crippen molar-refractivity contribution in [2.24, 2.45) is 0 Å². The lowest BCUT2D eigenvalue weighted by atomic mass is 10.0. The molecular formula is C53H32N4O. The van der Waals surface area contributed by atoms with Crippen LogP contribution in [0.4, 0.5) is 0 Å². The Labute approximate surface area is 333 Å². The Morgan fingerprint density at radius 1 is 0.345 bits per heavy atom. The Morgan fingerprint density at radius 3 is 1.74 bits per heavy atom. The summed E-state index contributed by atoms with van der Waals surface area (Å²) in [4.78, 5) is 15.6. The average Bonchev–Trinajstić information content (AvgIpc) is 3.84. The lowest BCUT2D eigenvalue weighted by Gasteiger charge is -2.14. The third-order valence-corrected chi connectivity index (χ3v) is 11.4. The van der Waals surface area contributed by atoms with Crippen LogP contribution in [0.5, 0.6) is 0 Å². The van der Waals surface area contributed by atoms with Crippen LogP contribution in [0.25, 0.3) is 116 Å². The molecule has 3 heterocycles. The monoisotopic (exact) mass is 740 g/mol. The SMILES string of the molecule is c1ccc(-c2cccc(-c3nc(-c4ccccc4)nc(-c4cc(-n5c6cc7ccccc7cc6c6ccc7ccccc7c65)c5c(c4)oc4ccccc45)n3)c2)cc1. The van der Waals surface area contributed by atoms with Gasteiger partial charge >= 0.3 is 0 Å². The molecule has 0 amide bonds. The number of hydrogen-bond acceptors (Lipinski definition) is 4. The number of nitrogens with zero attached hydrogens (tertiary/aromatic N) is 4. The molecule has 9 aromatic carbocycles. The molecule has 0 spiro atoms. The molecule has 12 aromatic rings. The number of para-hydroxylation sites is 1. The zero-order valence-electron chi connectivity index (χ0n) is 31.2. The molecule has 0 saturated heterocycles. The fraction of sp³-hybridized carbons (Fsp3) is 0. The molecule has 0 aliphatic rings. The minimum atomic E-state index is 0.564. The maximum absolute atomic E-state index is 6.75. The van der Waals surface area contributed by atoms with E-state index >= 15 is 0 Å². The molecule has 0 unspecified atom stereocenters. The molecule has 5 nitrogen and oxygen atoms in total. The van der Waals surface area contributed by atoms with Crippen LogP contribution in [0.3, 0.4) is 0 Å². The Bertz CT molecular complexity index is 3570. The Kier molecular flexibility index (Phi) is 7.16. The maximum Gasteiger partial charge on any atom is 0.164 e. The number of aromatic nitrogens is 4. The fourth-order valence-corrected chi connectivity index (χ4v) is 8.67. The highest BCUT2D eigenvalue weighted by molar-refractivity contribution is 6.22. The standard InChI is InChI=1S/C53H32N4O/c1-3-14-33(15-4-1)36-21-13-22-39(28-36)52-54-51(35-17-5-2-6-18-35)55-53(56-52)40-31-46(49-43-24-11-12-25-47(43)58-48(49)32-40)57-45-30-38-20-8-7-19-37(38)29-44(45)42-27-26-34-16-9-10-23-41(34)50(42)57/h1-32H. The highest BCUT2D eigenvalue weighted by atomic mass is 16.3. The van der Waals surface area contributed by atoms with E-state index in [9.17, 15) is 0 Å². The van der Waals surface area contributed by atoms with Gasteiger partial charge in [-0.1, -0.05) is 158 Å². The Balaban J connectivity index is 1.18. The van der Waals surface area contributed by atoms with E-state index in [0.717, 1.165) is 66.5 Å². The molecular weight excluding hydrogens is 709 g/mol. The van der Waals surface area contributed by atoms with E-state index in [1.54, 1.807) is 0 Å². The summed E-state index contributed by atoms with van der Waals surface area (Å²) in [5, 5.41) is 9.22. The van der Waals surface area contributed by atoms with Crippen molar-refractivity contribution >= 4 is 65.3 Å². The van der Waals surface area contributed by atoms with Gasteiger partial charge in [0.2, 0.25) is 0 Å². The van der Waals surface area contributed by atoms with Crippen LogP contribution in [0.2, 0.25) is 0 Å². The number of benzene rings is 9. The summed E-state index contributed by atoms with van der Waals surface area (Å²) < 4.78 is 9.19. The first kappa shape index (κ1) is 32.4. The van der Waals surface area contributed by atoms with Gasteiger partial charge in [-0.3, -0.25) is 0 Å². The third kappa shape index (κ3) is 5.14. The van der Waals surface area contributed by atoms with Gasteiger partial charge < -0.3 is 8.98 Å². The second-order valence-corrected chi connectivity index (χ2v) is 14.8. The van der Waals surface area contributed by atoms with Crippen LogP contribution in [-0.2, 0) is 0 Å². The summed E-state index contributed by atoms with van der Waals surface area (Å²) >= 11 is 0. The smallest absolute Gasteiger partial charge is 0.164 e. The fourth-order valence-electron chi connectivity index (χ4n) is 8.67. The van der Waals surface area contributed by atoms with Gasteiger partial charge in [-0.25, -0.2) is 15.0 Å². The molecule has 0 aliphatic carbocycles. The molecule has 3 aromatic heterocycles.